The summed E-state index contributed by atoms with van der Waals surface area (Å²) in [5, 5.41) is 1.34. The van der Waals surface area contributed by atoms with Gasteiger partial charge in [0.2, 0.25) is 0 Å². The number of amides is 2. The van der Waals surface area contributed by atoms with E-state index in [0.29, 0.717) is 31.9 Å². The van der Waals surface area contributed by atoms with Crippen molar-refractivity contribution >= 4 is 34.8 Å². The molecule has 3 aromatic rings. The number of halogens is 1. The quantitative estimate of drug-likeness (QED) is 0.650. The Balaban J connectivity index is 1.67. The van der Waals surface area contributed by atoms with Crippen molar-refractivity contribution in [3.63, 3.8) is 0 Å². The molecule has 0 bridgehead atoms. The zero-order valence-corrected chi connectivity index (χ0v) is 16.1. The van der Waals surface area contributed by atoms with Crippen LogP contribution in [0.25, 0.3) is 10.6 Å². The molecular formula is C19H16ClN3O3S. The Hall–Kier alpha value is -2.90. The number of methoxy groups -OCH3 is 1. The fourth-order valence-electron chi connectivity index (χ4n) is 2.31. The SMILES string of the molecule is COc1ccc(C(=O)NNC(=O)c2sc(-c3ccc(Cl)cc3)nc2C)cc1. The zero-order chi connectivity index (χ0) is 19.4. The van der Waals surface area contributed by atoms with Gasteiger partial charge >= 0.3 is 0 Å². The molecule has 0 atom stereocenters. The van der Waals surface area contributed by atoms with Crippen LogP contribution >= 0.6 is 22.9 Å². The van der Waals surface area contributed by atoms with E-state index in [1.807, 2.05) is 12.1 Å². The molecular weight excluding hydrogens is 386 g/mol. The lowest BCUT2D eigenvalue weighted by Gasteiger charge is -2.07. The van der Waals surface area contributed by atoms with E-state index < -0.39 is 11.8 Å². The molecule has 2 amide bonds. The molecule has 27 heavy (non-hydrogen) atoms. The van der Waals surface area contributed by atoms with Crippen molar-refractivity contribution in [2.45, 2.75) is 6.92 Å². The van der Waals surface area contributed by atoms with Crippen LogP contribution in [0.2, 0.25) is 5.02 Å². The van der Waals surface area contributed by atoms with E-state index in [0.717, 1.165) is 5.56 Å². The summed E-state index contributed by atoms with van der Waals surface area (Å²) in [5.74, 6) is -0.205. The highest BCUT2D eigenvalue weighted by atomic mass is 35.5. The number of carbonyl (C=O) groups is 2. The number of hydrogen-bond donors (Lipinski definition) is 2. The first-order valence-electron chi connectivity index (χ1n) is 7.96. The van der Waals surface area contributed by atoms with Gasteiger partial charge in [0.15, 0.2) is 0 Å². The Labute approximate surface area is 165 Å². The summed E-state index contributed by atoms with van der Waals surface area (Å²) in [5.41, 5.74) is 6.68. The van der Waals surface area contributed by atoms with Crippen LogP contribution < -0.4 is 15.6 Å². The van der Waals surface area contributed by atoms with E-state index in [-0.39, 0.29) is 0 Å². The minimum atomic E-state index is -0.425. The highest BCUT2D eigenvalue weighted by molar-refractivity contribution is 7.17. The summed E-state index contributed by atoms with van der Waals surface area (Å²) in [6.45, 7) is 1.75. The maximum atomic E-state index is 12.4. The summed E-state index contributed by atoms with van der Waals surface area (Å²) >= 11 is 7.14. The van der Waals surface area contributed by atoms with Crippen molar-refractivity contribution in [2.75, 3.05) is 7.11 Å². The molecule has 0 radical (unpaired) electrons. The topological polar surface area (TPSA) is 80.3 Å². The van der Waals surface area contributed by atoms with Crippen molar-refractivity contribution in [1.82, 2.24) is 15.8 Å². The van der Waals surface area contributed by atoms with Crippen LogP contribution in [0.3, 0.4) is 0 Å². The predicted octanol–water partition coefficient (Wildman–Crippen LogP) is 3.86. The van der Waals surface area contributed by atoms with Crippen molar-refractivity contribution in [1.29, 1.82) is 0 Å². The number of benzene rings is 2. The van der Waals surface area contributed by atoms with Gasteiger partial charge in [-0.15, -0.1) is 11.3 Å². The van der Waals surface area contributed by atoms with Crippen LogP contribution in [0.5, 0.6) is 5.75 Å². The second-order valence-corrected chi connectivity index (χ2v) is 7.01. The summed E-state index contributed by atoms with van der Waals surface area (Å²) in [7, 11) is 1.55. The van der Waals surface area contributed by atoms with Crippen molar-refractivity contribution < 1.29 is 14.3 Å². The summed E-state index contributed by atoms with van der Waals surface area (Å²) in [6, 6.07) is 13.8. The van der Waals surface area contributed by atoms with Crippen LogP contribution in [0.4, 0.5) is 0 Å². The van der Waals surface area contributed by atoms with E-state index in [2.05, 4.69) is 15.8 Å². The number of aryl methyl sites for hydroxylation is 1. The Morgan fingerprint density at radius 1 is 1.00 bits per heavy atom. The van der Waals surface area contributed by atoms with Crippen LogP contribution in [-0.4, -0.2) is 23.9 Å². The first kappa shape index (κ1) is 18.9. The smallest absolute Gasteiger partial charge is 0.281 e. The Morgan fingerprint density at radius 3 is 2.26 bits per heavy atom. The first-order chi connectivity index (χ1) is 13.0. The number of hydrazine groups is 1. The van der Waals surface area contributed by atoms with Crippen LogP contribution in [-0.2, 0) is 0 Å². The molecule has 1 aromatic heterocycles. The molecule has 0 unspecified atom stereocenters. The number of nitrogens with zero attached hydrogens (tertiary/aromatic N) is 1. The Bertz CT molecular complexity index is 969. The van der Waals surface area contributed by atoms with Crippen molar-refractivity contribution in [2.24, 2.45) is 0 Å². The maximum Gasteiger partial charge on any atom is 0.281 e. The lowest BCUT2D eigenvalue weighted by Crippen LogP contribution is -2.41. The van der Waals surface area contributed by atoms with Crippen LogP contribution in [0.15, 0.2) is 48.5 Å². The molecule has 8 heteroatoms. The molecule has 0 fully saturated rings. The van der Waals surface area contributed by atoms with Gasteiger partial charge in [-0.2, -0.15) is 0 Å². The molecule has 0 aliphatic carbocycles. The summed E-state index contributed by atoms with van der Waals surface area (Å²) < 4.78 is 5.05. The number of ether oxygens (including phenoxy) is 1. The Kier molecular flexibility index (Phi) is 5.73. The average molecular weight is 402 g/mol. The molecule has 0 aliphatic rings. The average Bonchev–Trinajstić information content (AvgIpc) is 3.08. The van der Waals surface area contributed by atoms with Gasteiger partial charge in [0.1, 0.15) is 15.6 Å². The van der Waals surface area contributed by atoms with E-state index in [9.17, 15) is 9.59 Å². The van der Waals surface area contributed by atoms with Gasteiger partial charge in [-0.05, 0) is 43.3 Å². The van der Waals surface area contributed by atoms with Gasteiger partial charge in [0.25, 0.3) is 11.8 Å². The second-order valence-electron chi connectivity index (χ2n) is 5.58. The minimum Gasteiger partial charge on any atom is -0.497 e. The van der Waals surface area contributed by atoms with E-state index >= 15 is 0 Å². The molecule has 0 saturated heterocycles. The lowest BCUT2D eigenvalue weighted by atomic mass is 10.2. The number of carbonyl (C=O) groups excluding carboxylic acids is 2. The van der Waals surface area contributed by atoms with Crippen LogP contribution in [0, 0.1) is 6.92 Å². The number of nitrogens with one attached hydrogen (secondary N) is 2. The molecule has 2 aromatic carbocycles. The summed E-state index contributed by atoms with van der Waals surface area (Å²) in [4.78, 5) is 29.4. The molecule has 0 aliphatic heterocycles. The van der Waals surface area contributed by atoms with Crippen molar-refractivity contribution in [3.05, 3.63) is 69.7 Å². The van der Waals surface area contributed by atoms with Gasteiger partial charge in [0, 0.05) is 16.1 Å². The summed E-state index contributed by atoms with van der Waals surface area (Å²) in [6.07, 6.45) is 0. The molecule has 0 spiro atoms. The third-order valence-electron chi connectivity index (χ3n) is 3.74. The minimum absolute atomic E-state index is 0.402. The molecule has 2 N–H and O–H groups in total. The van der Waals surface area contributed by atoms with Gasteiger partial charge in [-0.1, -0.05) is 23.7 Å². The van der Waals surface area contributed by atoms with Crippen LogP contribution in [0.1, 0.15) is 25.7 Å². The third kappa shape index (κ3) is 4.45. The second kappa shape index (κ2) is 8.20. The van der Waals surface area contributed by atoms with Gasteiger partial charge < -0.3 is 4.74 Å². The lowest BCUT2D eigenvalue weighted by molar-refractivity contribution is 0.0848. The zero-order valence-electron chi connectivity index (χ0n) is 14.6. The largest absolute Gasteiger partial charge is 0.497 e. The van der Waals surface area contributed by atoms with E-state index in [1.165, 1.54) is 11.3 Å². The fraction of sp³-hybridized carbons (Fsp3) is 0.105. The van der Waals surface area contributed by atoms with Gasteiger partial charge in [0.05, 0.1) is 12.8 Å². The van der Waals surface area contributed by atoms with Gasteiger partial charge in [-0.3, -0.25) is 20.4 Å². The highest BCUT2D eigenvalue weighted by Crippen LogP contribution is 2.28. The molecule has 3 rings (SSSR count). The van der Waals surface area contributed by atoms with E-state index in [4.69, 9.17) is 16.3 Å². The third-order valence-corrected chi connectivity index (χ3v) is 5.19. The fourth-order valence-corrected chi connectivity index (χ4v) is 3.40. The molecule has 1 heterocycles. The highest BCUT2D eigenvalue weighted by Gasteiger charge is 2.17. The van der Waals surface area contributed by atoms with E-state index in [1.54, 1.807) is 50.4 Å². The van der Waals surface area contributed by atoms with Gasteiger partial charge in [-0.25, -0.2) is 4.98 Å². The molecule has 6 nitrogen and oxygen atoms in total. The molecule has 0 saturated carbocycles. The Morgan fingerprint density at radius 2 is 1.63 bits per heavy atom. The van der Waals surface area contributed by atoms with Crippen molar-refractivity contribution in [3.8, 4) is 16.3 Å². The number of aromatic nitrogens is 1. The monoisotopic (exact) mass is 401 g/mol. The normalized spacial score (nSPS) is 10.3. The standard InChI is InChI=1S/C19H16ClN3O3S/c1-11-16(27-19(21-11)13-3-7-14(20)8-4-13)18(25)23-22-17(24)12-5-9-15(26-2)10-6-12/h3-10H,1-2H3,(H,22,24)(H,23,25). The number of rotatable bonds is 4. The number of thiazole rings is 1. The first-order valence-corrected chi connectivity index (χ1v) is 9.15. The maximum absolute atomic E-state index is 12.4. The molecule has 138 valence electrons. The predicted molar refractivity (Wildman–Crippen MR) is 105 cm³/mol. The number of hydrogen-bond acceptors (Lipinski definition) is 5.